The molecule has 0 aliphatic rings. The number of rotatable bonds is 3. The van der Waals surface area contributed by atoms with E-state index in [0.29, 0.717) is 17.8 Å². The molecule has 0 unspecified atom stereocenters. The molecule has 0 saturated heterocycles. The zero-order valence-electron chi connectivity index (χ0n) is 8.96. The fraction of sp³-hybridized carbons (Fsp3) is 0.167. The molecule has 2 rings (SSSR count). The lowest BCUT2D eigenvalue weighted by Gasteiger charge is -2.09. The summed E-state index contributed by atoms with van der Waals surface area (Å²) in [4.78, 5) is 1.22. The standard InChI is InChI=1S/C12H13FN2S/c1-8-5-12(11(14)6-10(8)13)15-7-9-3-2-4-16-9/h2-6,15H,7,14H2,1H3. The second-order valence-electron chi connectivity index (χ2n) is 3.62. The van der Waals surface area contributed by atoms with Crippen LogP contribution >= 0.6 is 11.3 Å². The van der Waals surface area contributed by atoms with Gasteiger partial charge in [0.1, 0.15) is 5.82 Å². The molecule has 0 aliphatic heterocycles. The maximum absolute atomic E-state index is 13.2. The van der Waals surface area contributed by atoms with Gasteiger partial charge in [-0.3, -0.25) is 0 Å². The number of nitrogens with two attached hydrogens (primary N) is 1. The first-order valence-corrected chi connectivity index (χ1v) is 5.86. The van der Waals surface area contributed by atoms with E-state index in [4.69, 9.17) is 5.73 Å². The van der Waals surface area contributed by atoms with Crippen LogP contribution in [-0.4, -0.2) is 0 Å². The molecule has 2 nitrogen and oxygen atoms in total. The molecule has 0 spiro atoms. The molecule has 0 saturated carbocycles. The molecule has 4 heteroatoms. The Morgan fingerprint density at radius 2 is 2.25 bits per heavy atom. The molecule has 1 aromatic heterocycles. The van der Waals surface area contributed by atoms with E-state index in [9.17, 15) is 4.39 Å². The lowest BCUT2D eigenvalue weighted by Crippen LogP contribution is -2.02. The number of aryl methyl sites for hydroxylation is 1. The fourth-order valence-electron chi connectivity index (χ4n) is 1.45. The van der Waals surface area contributed by atoms with Crippen LogP contribution in [0.2, 0.25) is 0 Å². The summed E-state index contributed by atoms with van der Waals surface area (Å²) < 4.78 is 13.2. The quantitative estimate of drug-likeness (QED) is 0.802. The van der Waals surface area contributed by atoms with Gasteiger partial charge >= 0.3 is 0 Å². The van der Waals surface area contributed by atoms with Gasteiger partial charge in [-0.25, -0.2) is 4.39 Å². The zero-order valence-corrected chi connectivity index (χ0v) is 9.77. The van der Waals surface area contributed by atoms with Crippen molar-refractivity contribution >= 4 is 22.7 Å². The summed E-state index contributed by atoms with van der Waals surface area (Å²) in [5.41, 5.74) is 7.56. The molecule has 0 fully saturated rings. The van der Waals surface area contributed by atoms with Crippen LogP contribution in [0.15, 0.2) is 29.6 Å². The molecule has 0 aliphatic carbocycles. The maximum Gasteiger partial charge on any atom is 0.128 e. The van der Waals surface area contributed by atoms with E-state index in [2.05, 4.69) is 5.32 Å². The smallest absolute Gasteiger partial charge is 0.128 e. The molecule has 3 N–H and O–H groups in total. The molecule has 84 valence electrons. The zero-order chi connectivity index (χ0) is 11.5. The summed E-state index contributed by atoms with van der Waals surface area (Å²) in [6.45, 7) is 2.44. The van der Waals surface area contributed by atoms with Gasteiger partial charge < -0.3 is 11.1 Å². The third-order valence-electron chi connectivity index (χ3n) is 2.36. The first-order chi connectivity index (χ1) is 7.66. The Bertz CT molecular complexity index is 480. The fourth-order valence-corrected chi connectivity index (χ4v) is 2.09. The number of hydrogen-bond acceptors (Lipinski definition) is 3. The third kappa shape index (κ3) is 2.33. The highest BCUT2D eigenvalue weighted by Gasteiger charge is 2.04. The van der Waals surface area contributed by atoms with Crippen molar-refractivity contribution in [3.8, 4) is 0 Å². The van der Waals surface area contributed by atoms with Gasteiger partial charge in [-0.2, -0.15) is 0 Å². The highest BCUT2D eigenvalue weighted by Crippen LogP contribution is 2.23. The van der Waals surface area contributed by atoms with Gasteiger partial charge in [-0.15, -0.1) is 11.3 Å². The van der Waals surface area contributed by atoms with Gasteiger partial charge in [0.25, 0.3) is 0 Å². The molecule has 16 heavy (non-hydrogen) atoms. The Morgan fingerprint density at radius 1 is 1.44 bits per heavy atom. The summed E-state index contributed by atoms with van der Waals surface area (Å²) in [6.07, 6.45) is 0. The van der Waals surface area contributed by atoms with E-state index in [0.717, 1.165) is 5.69 Å². The summed E-state index contributed by atoms with van der Waals surface area (Å²) >= 11 is 1.68. The minimum atomic E-state index is -0.265. The molecule has 1 aromatic carbocycles. The van der Waals surface area contributed by atoms with Crippen molar-refractivity contribution in [2.75, 3.05) is 11.1 Å². The van der Waals surface area contributed by atoms with E-state index < -0.39 is 0 Å². The molecule has 0 radical (unpaired) electrons. The van der Waals surface area contributed by atoms with Crippen LogP contribution < -0.4 is 11.1 Å². The van der Waals surface area contributed by atoms with Gasteiger partial charge in [0.2, 0.25) is 0 Å². The van der Waals surface area contributed by atoms with Crippen LogP contribution in [0.25, 0.3) is 0 Å². The minimum absolute atomic E-state index is 0.265. The molecule has 2 aromatic rings. The van der Waals surface area contributed by atoms with E-state index in [1.165, 1.54) is 10.9 Å². The summed E-state index contributed by atoms with van der Waals surface area (Å²) in [5, 5.41) is 5.23. The van der Waals surface area contributed by atoms with Crippen LogP contribution in [0.5, 0.6) is 0 Å². The van der Waals surface area contributed by atoms with Crippen molar-refractivity contribution in [3.05, 3.63) is 45.9 Å². The molecule has 0 amide bonds. The third-order valence-corrected chi connectivity index (χ3v) is 3.24. The number of nitrogens with one attached hydrogen (secondary N) is 1. The SMILES string of the molecule is Cc1cc(NCc2cccs2)c(N)cc1F. The molecule has 0 atom stereocenters. The average molecular weight is 236 g/mol. The van der Waals surface area contributed by atoms with Gasteiger partial charge in [-0.05, 0) is 36.1 Å². The Kier molecular flexibility index (Phi) is 3.10. The number of halogens is 1. The normalized spacial score (nSPS) is 10.4. The largest absolute Gasteiger partial charge is 0.397 e. The lowest BCUT2D eigenvalue weighted by atomic mass is 10.2. The van der Waals surface area contributed by atoms with Crippen LogP contribution in [0, 0.1) is 12.7 Å². The van der Waals surface area contributed by atoms with Gasteiger partial charge in [-0.1, -0.05) is 6.07 Å². The van der Waals surface area contributed by atoms with Gasteiger partial charge in [0.15, 0.2) is 0 Å². The second kappa shape index (κ2) is 4.53. The van der Waals surface area contributed by atoms with E-state index >= 15 is 0 Å². The Hall–Kier alpha value is -1.55. The first kappa shape index (κ1) is 11.0. The number of hydrogen-bond donors (Lipinski definition) is 2. The second-order valence-corrected chi connectivity index (χ2v) is 4.65. The Morgan fingerprint density at radius 3 is 2.94 bits per heavy atom. The number of benzene rings is 1. The predicted molar refractivity (Wildman–Crippen MR) is 67.2 cm³/mol. The summed E-state index contributed by atoms with van der Waals surface area (Å²) in [7, 11) is 0. The topological polar surface area (TPSA) is 38.0 Å². The van der Waals surface area contributed by atoms with Crippen molar-refractivity contribution < 1.29 is 4.39 Å². The maximum atomic E-state index is 13.2. The molecular formula is C12H13FN2S. The van der Waals surface area contributed by atoms with Crippen molar-refractivity contribution in [3.63, 3.8) is 0 Å². The van der Waals surface area contributed by atoms with E-state index in [1.54, 1.807) is 24.3 Å². The number of thiophene rings is 1. The number of nitrogen functional groups attached to an aromatic ring is 1. The van der Waals surface area contributed by atoms with Gasteiger partial charge in [0.05, 0.1) is 11.4 Å². The molecule has 0 bridgehead atoms. The van der Waals surface area contributed by atoms with Crippen LogP contribution in [-0.2, 0) is 6.54 Å². The van der Waals surface area contributed by atoms with Crippen molar-refractivity contribution in [2.24, 2.45) is 0 Å². The van der Waals surface area contributed by atoms with Gasteiger partial charge in [0, 0.05) is 11.4 Å². The summed E-state index contributed by atoms with van der Waals surface area (Å²) in [5.74, 6) is -0.265. The van der Waals surface area contributed by atoms with Crippen LogP contribution in [0.4, 0.5) is 15.8 Å². The first-order valence-electron chi connectivity index (χ1n) is 4.98. The highest BCUT2D eigenvalue weighted by atomic mass is 32.1. The molecular weight excluding hydrogens is 223 g/mol. The average Bonchev–Trinajstić information content (AvgIpc) is 2.74. The van der Waals surface area contributed by atoms with Crippen molar-refractivity contribution in [2.45, 2.75) is 13.5 Å². The summed E-state index contributed by atoms with van der Waals surface area (Å²) in [6, 6.07) is 7.13. The Balaban J connectivity index is 2.12. The van der Waals surface area contributed by atoms with E-state index in [-0.39, 0.29) is 5.82 Å². The number of anilines is 2. The monoisotopic (exact) mass is 236 g/mol. The highest BCUT2D eigenvalue weighted by molar-refractivity contribution is 7.09. The van der Waals surface area contributed by atoms with Crippen LogP contribution in [0.3, 0.4) is 0 Å². The van der Waals surface area contributed by atoms with E-state index in [1.807, 2.05) is 17.5 Å². The van der Waals surface area contributed by atoms with Crippen molar-refractivity contribution in [1.29, 1.82) is 0 Å². The van der Waals surface area contributed by atoms with Crippen molar-refractivity contribution in [1.82, 2.24) is 0 Å². The Labute approximate surface area is 97.9 Å². The molecule has 1 heterocycles. The van der Waals surface area contributed by atoms with Crippen LogP contribution in [0.1, 0.15) is 10.4 Å². The lowest BCUT2D eigenvalue weighted by molar-refractivity contribution is 0.619. The predicted octanol–water partition coefficient (Wildman–Crippen LogP) is 3.39. The minimum Gasteiger partial charge on any atom is -0.397 e.